The van der Waals surface area contributed by atoms with E-state index in [1.54, 1.807) is 6.92 Å². The molecule has 4 nitrogen and oxygen atoms in total. The van der Waals surface area contributed by atoms with Crippen LogP contribution in [0.25, 0.3) is 0 Å². The van der Waals surface area contributed by atoms with Gasteiger partial charge in [0.15, 0.2) is 4.34 Å². The van der Waals surface area contributed by atoms with Crippen LogP contribution in [-0.2, 0) is 6.18 Å². The van der Waals surface area contributed by atoms with Crippen molar-refractivity contribution >= 4 is 29.3 Å². The maximum atomic E-state index is 12.7. The summed E-state index contributed by atoms with van der Waals surface area (Å²) in [5.41, 5.74) is -1.94. The molecule has 106 valence electrons. The van der Waals surface area contributed by atoms with Gasteiger partial charge in [-0.3, -0.25) is 0 Å². The summed E-state index contributed by atoms with van der Waals surface area (Å²) in [6.07, 6.45) is -4.70. The molecule has 0 saturated heterocycles. The number of aryl methyl sites for hydroxylation is 1. The molecule has 0 radical (unpaired) electrons. The van der Waals surface area contributed by atoms with Gasteiger partial charge in [0.05, 0.1) is 11.1 Å². The quantitative estimate of drug-likeness (QED) is 0.934. The van der Waals surface area contributed by atoms with Crippen LogP contribution in [0.1, 0.15) is 21.7 Å². The Morgan fingerprint density at radius 1 is 1.40 bits per heavy atom. The van der Waals surface area contributed by atoms with Gasteiger partial charge >= 0.3 is 12.1 Å². The second-order valence-corrected chi connectivity index (χ2v) is 5.79. The normalized spacial score (nSPS) is 11.6. The number of carbonyl (C=O) groups is 1. The van der Waals surface area contributed by atoms with Crippen LogP contribution < -0.4 is 0 Å². The molecule has 20 heavy (non-hydrogen) atoms. The smallest absolute Gasteiger partial charge is 0.417 e. The third-order valence-corrected chi connectivity index (χ3v) is 4.07. The number of alkyl halides is 3. The van der Waals surface area contributed by atoms with E-state index in [1.165, 1.54) is 6.07 Å². The van der Waals surface area contributed by atoms with Gasteiger partial charge in [-0.15, -0.1) is 0 Å². The predicted octanol–water partition coefficient (Wildman–Crippen LogP) is 3.71. The minimum atomic E-state index is -4.70. The Bertz CT molecular complexity index is 655. The lowest BCUT2D eigenvalue weighted by atomic mass is 10.1. The zero-order valence-corrected chi connectivity index (χ0v) is 11.6. The first-order valence-corrected chi connectivity index (χ1v) is 6.79. The van der Waals surface area contributed by atoms with Gasteiger partial charge < -0.3 is 5.11 Å². The zero-order chi connectivity index (χ0) is 14.9. The molecule has 0 aliphatic carbocycles. The summed E-state index contributed by atoms with van der Waals surface area (Å²) in [7, 11) is 0. The van der Waals surface area contributed by atoms with Crippen LogP contribution in [0.2, 0.25) is 0 Å². The first kappa shape index (κ1) is 14.8. The largest absolute Gasteiger partial charge is 0.478 e. The number of carboxylic acids is 1. The number of halogens is 3. The van der Waals surface area contributed by atoms with E-state index in [9.17, 15) is 18.0 Å². The van der Waals surface area contributed by atoms with Crippen molar-refractivity contribution in [3.63, 3.8) is 0 Å². The third-order valence-electron chi connectivity index (χ3n) is 2.24. The summed E-state index contributed by atoms with van der Waals surface area (Å²) in [5.74, 6) is -1.06. The van der Waals surface area contributed by atoms with Crippen molar-refractivity contribution < 1.29 is 23.1 Å². The zero-order valence-electron chi connectivity index (χ0n) is 9.93. The molecule has 0 saturated carbocycles. The number of aromatic nitrogens is 2. The Balaban J connectivity index is 2.38. The van der Waals surface area contributed by atoms with E-state index in [2.05, 4.69) is 9.36 Å². The molecule has 0 unspecified atom stereocenters. The minimum absolute atomic E-state index is 0.367. The highest BCUT2D eigenvalue weighted by atomic mass is 32.2. The lowest BCUT2D eigenvalue weighted by Gasteiger charge is -2.11. The van der Waals surface area contributed by atoms with Crippen molar-refractivity contribution in [1.82, 2.24) is 9.36 Å². The van der Waals surface area contributed by atoms with E-state index < -0.39 is 23.3 Å². The summed E-state index contributed by atoms with van der Waals surface area (Å²) < 4.78 is 42.5. The molecule has 0 amide bonds. The molecule has 0 aliphatic rings. The molecule has 1 aromatic heterocycles. The summed E-state index contributed by atoms with van der Waals surface area (Å²) >= 11 is 2.17. The van der Waals surface area contributed by atoms with Gasteiger partial charge in [0.25, 0.3) is 0 Å². The van der Waals surface area contributed by atoms with Crippen molar-refractivity contribution in [2.75, 3.05) is 0 Å². The number of carboxylic acid groups (broad SMARTS) is 1. The SMILES string of the molecule is Cc1nsc(Sc2ccc(C(F)(F)F)c(C(=O)O)c2)n1. The molecular formula is C11H7F3N2O2S2. The highest BCUT2D eigenvalue weighted by Crippen LogP contribution is 2.36. The van der Waals surface area contributed by atoms with Crippen molar-refractivity contribution in [3.8, 4) is 0 Å². The Labute approximate surface area is 119 Å². The minimum Gasteiger partial charge on any atom is -0.478 e. The average Bonchev–Trinajstić information content (AvgIpc) is 2.73. The second kappa shape index (κ2) is 5.41. The molecule has 2 rings (SSSR count). The van der Waals surface area contributed by atoms with Crippen LogP contribution in [0.5, 0.6) is 0 Å². The standard InChI is InChI=1S/C11H7F3N2O2S2/c1-5-15-10(20-16-5)19-6-2-3-8(11(12,13)14)7(4-6)9(17)18/h2-4H,1H3,(H,17,18). The monoisotopic (exact) mass is 320 g/mol. The van der Waals surface area contributed by atoms with Crippen molar-refractivity contribution in [2.24, 2.45) is 0 Å². The van der Waals surface area contributed by atoms with Crippen molar-refractivity contribution in [3.05, 3.63) is 35.2 Å². The molecule has 9 heteroatoms. The number of aromatic carboxylic acids is 1. The molecule has 0 aliphatic heterocycles. The Morgan fingerprint density at radius 3 is 2.60 bits per heavy atom. The van der Waals surface area contributed by atoms with E-state index in [1.807, 2.05) is 0 Å². The highest BCUT2D eigenvalue weighted by Gasteiger charge is 2.35. The van der Waals surface area contributed by atoms with Crippen LogP contribution in [0.15, 0.2) is 27.4 Å². The fourth-order valence-electron chi connectivity index (χ4n) is 1.43. The van der Waals surface area contributed by atoms with Gasteiger partial charge in [-0.1, -0.05) is 11.8 Å². The fraction of sp³-hybridized carbons (Fsp3) is 0.182. The van der Waals surface area contributed by atoms with Gasteiger partial charge in [0.1, 0.15) is 5.82 Å². The van der Waals surface area contributed by atoms with E-state index in [-0.39, 0.29) is 0 Å². The topological polar surface area (TPSA) is 63.1 Å². The molecule has 1 aromatic carbocycles. The van der Waals surface area contributed by atoms with Crippen LogP contribution in [0.3, 0.4) is 0 Å². The lowest BCUT2D eigenvalue weighted by Crippen LogP contribution is -2.12. The van der Waals surface area contributed by atoms with E-state index >= 15 is 0 Å². The summed E-state index contributed by atoms with van der Waals surface area (Å²) in [5, 5.41) is 8.89. The molecule has 1 N–H and O–H groups in total. The van der Waals surface area contributed by atoms with Crippen LogP contribution >= 0.6 is 23.3 Å². The molecule has 2 aromatic rings. The van der Waals surface area contributed by atoms with Gasteiger partial charge in [0.2, 0.25) is 0 Å². The van der Waals surface area contributed by atoms with Gasteiger partial charge in [0, 0.05) is 4.90 Å². The summed E-state index contributed by atoms with van der Waals surface area (Å²) in [4.78, 5) is 15.4. The molecule has 0 atom stereocenters. The number of rotatable bonds is 3. The van der Waals surface area contributed by atoms with E-state index in [0.717, 1.165) is 35.4 Å². The Morgan fingerprint density at radius 2 is 2.10 bits per heavy atom. The summed E-state index contributed by atoms with van der Waals surface area (Å²) in [6.45, 7) is 1.69. The molecule has 0 spiro atoms. The number of hydrogen-bond acceptors (Lipinski definition) is 5. The Kier molecular flexibility index (Phi) is 4.00. The number of hydrogen-bond donors (Lipinski definition) is 1. The third kappa shape index (κ3) is 3.28. The van der Waals surface area contributed by atoms with Gasteiger partial charge in [-0.2, -0.15) is 17.5 Å². The van der Waals surface area contributed by atoms with Crippen LogP contribution in [0.4, 0.5) is 13.2 Å². The molecule has 0 bridgehead atoms. The molecule has 1 heterocycles. The van der Waals surface area contributed by atoms with E-state index in [0.29, 0.717) is 15.1 Å². The van der Waals surface area contributed by atoms with Crippen LogP contribution in [0, 0.1) is 6.92 Å². The average molecular weight is 320 g/mol. The van der Waals surface area contributed by atoms with E-state index in [4.69, 9.17) is 5.11 Å². The van der Waals surface area contributed by atoms with Crippen molar-refractivity contribution in [1.29, 1.82) is 0 Å². The van der Waals surface area contributed by atoms with Crippen LogP contribution in [-0.4, -0.2) is 20.4 Å². The first-order chi connectivity index (χ1) is 9.27. The Hall–Kier alpha value is -1.61. The van der Waals surface area contributed by atoms with Gasteiger partial charge in [-0.25, -0.2) is 9.78 Å². The molecular weight excluding hydrogens is 313 g/mol. The lowest BCUT2D eigenvalue weighted by molar-refractivity contribution is -0.138. The first-order valence-electron chi connectivity index (χ1n) is 5.20. The summed E-state index contributed by atoms with van der Waals surface area (Å²) in [6, 6.07) is 2.98. The van der Waals surface area contributed by atoms with Crippen molar-refractivity contribution in [2.45, 2.75) is 22.3 Å². The predicted molar refractivity (Wildman–Crippen MR) is 67.2 cm³/mol. The number of benzene rings is 1. The molecule has 0 fully saturated rings. The second-order valence-electron chi connectivity index (χ2n) is 3.72. The maximum absolute atomic E-state index is 12.7. The fourth-order valence-corrected chi connectivity index (χ4v) is 3.10. The highest BCUT2D eigenvalue weighted by molar-refractivity contribution is 8.01. The maximum Gasteiger partial charge on any atom is 0.417 e. The van der Waals surface area contributed by atoms with Gasteiger partial charge in [-0.05, 0) is 36.7 Å². The number of nitrogens with zero attached hydrogens (tertiary/aromatic N) is 2.